The first-order valence-electron chi connectivity index (χ1n) is 9.45. The molecule has 0 bridgehead atoms. The predicted molar refractivity (Wildman–Crippen MR) is 105 cm³/mol. The third-order valence-corrected chi connectivity index (χ3v) is 4.99. The van der Waals surface area contributed by atoms with Crippen molar-refractivity contribution < 1.29 is 14.3 Å². The van der Waals surface area contributed by atoms with E-state index in [4.69, 9.17) is 9.47 Å². The van der Waals surface area contributed by atoms with Gasteiger partial charge in [0.2, 0.25) is 5.91 Å². The third-order valence-electron chi connectivity index (χ3n) is 4.99. The first-order chi connectivity index (χ1) is 13.3. The molecule has 1 amide bonds. The summed E-state index contributed by atoms with van der Waals surface area (Å²) in [5.41, 5.74) is 2.16. The van der Waals surface area contributed by atoms with Gasteiger partial charge in [-0.1, -0.05) is 30.3 Å². The van der Waals surface area contributed by atoms with Crippen molar-refractivity contribution in [3.8, 4) is 11.5 Å². The molecule has 0 atom stereocenters. The maximum Gasteiger partial charge on any atom is 0.224 e. The highest BCUT2D eigenvalue weighted by atomic mass is 16.6. The molecule has 4 rings (SSSR count). The topological polar surface area (TPSA) is 43.7 Å². The maximum atomic E-state index is 12.8. The molecule has 1 aliphatic rings. The molecular weight excluding hydrogens is 340 g/mol. The van der Waals surface area contributed by atoms with Gasteiger partial charge < -0.3 is 18.9 Å². The number of ether oxygens (including phenoxy) is 2. The van der Waals surface area contributed by atoms with Gasteiger partial charge in [-0.3, -0.25) is 4.79 Å². The van der Waals surface area contributed by atoms with Crippen LogP contribution < -0.4 is 9.47 Å². The van der Waals surface area contributed by atoms with Crippen LogP contribution >= 0.6 is 0 Å². The van der Waals surface area contributed by atoms with E-state index in [1.165, 1.54) is 5.39 Å². The van der Waals surface area contributed by atoms with Gasteiger partial charge in [-0.15, -0.1) is 0 Å². The Morgan fingerprint density at radius 2 is 1.93 bits per heavy atom. The second kappa shape index (κ2) is 7.74. The maximum absolute atomic E-state index is 12.8. The van der Waals surface area contributed by atoms with Crippen LogP contribution in [0.25, 0.3) is 10.9 Å². The highest BCUT2D eigenvalue weighted by molar-refractivity contribution is 5.80. The fraction of sp³-hybridized carbons (Fsp3) is 0.318. The van der Waals surface area contributed by atoms with E-state index in [1.54, 1.807) is 0 Å². The summed E-state index contributed by atoms with van der Waals surface area (Å²) in [5, 5.41) is 1.20. The molecule has 0 unspecified atom stereocenters. The lowest BCUT2D eigenvalue weighted by atomic mass is 10.1. The summed E-state index contributed by atoms with van der Waals surface area (Å²) in [7, 11) is 0. The van der Waals surface area contributed by atoms with E-state index in [2.05, 4.69) is 22.8 Å². The van der Waals surface area contributed by atoms with Crippen molar-refractivity contribution in [2.24, 2.45) is 0 Å². The number of rotatable bonds is 6. The van der Waals surface area contributed by atoms with Crippen molar-refractivity contribution in [1.29, 1.82) is 0 Å². The standard InChI is InChI=1S/C22H24N2O3/c1-2-23(16-18-7-5-9-20-22(18)27-15-14-26-20)21(25)11-13-24-12-10-17-6-3-4-8-19(17)24/h3-10,12H,2,11,13-16H2,1H3. The van der Waals surface area contributed by atoms with Gasteiger partial charge in [-0.2, -0.15) is 0 Å². The zero-order chi connectivity index (χ0) is 18.6. The Morgan fingerprint density at radius 1 is 1.07 bits per heavy atom. The first-order valence-corrected chi connectivity index (χ1v) is 9.45. The molecular formula is C22H24N2O3. The van der Waals surface area contributed by atoms with Crippen molar-refractivity contribution in [3.05, 3.63) is 60.3 Å². The molecule has 5 heteroatoms. The van der Waals surface area contributed by atoms with E-state index < -0.39 is 0 Å². The minimum absolute atomic E-state index is 0.143. The van der Waals surface area contributed by atoms with Crippen LogP contribution in [0, 0.1) is 0 Å². The molecule has 1 aromatic heterocycles. The Kier molecular flexibility index (Phi) is 5.01. The largest absolute Gasteiger partial charge is 0.486 e. The smallest absolute Gasteiger partial charge is 0.224 e. The van der Waals surface area contributed by atoms with Crippen LogP contribution in [0.15, 0.2) is 54.7 Å². The molecule has 0 saturated heterocycles. The van der Waals surface area contributed by atoms with Crippen LogP contribution in [0.4, 0.5) is 0 Å². The molecule has 2 heterocycles. The zero-order valence-corrected chi connectivity index (χ0v) is 15.6. The Labute approximate surface area is 159 Å². The average molecular weight is 364 g/mol. The quantitative estimate of drug-likeness (QED) is 0.667. The number of carbonyl (C=O) groups is 1. The average Bonchev–Trinajstić information content (AvgIpc) is 3.13. The summed E-state index contributed by atoms with van der Waals surface area (Å²) in [4.78, 5) is 14.7. The Hall–Kier alpha value is -2.95. The van der Waals surface area contributed by atoms with Gasteiger partial charge in [-0.25, -0.2) is 0 Å². The lowest BCUT2D eigenvalue weighted by Crippen LogP contribution is -2.31. The Balaban J connectivity index is 1.44. The number of carbonyl (C=O) groups excluding carboxylic acids is 1. The predicted octanol–water partition coefficient (Wildman–Crippen LogP) is 3.85. The van der Waals surface area contributed by atoms with Gasteiger partial charge in [0.05, 0.1) is 0 Å². The van der Waals surface area contributed by atoms with Crippen molar-refractivity contribution in [1.82, 2.24) is 9.47 Å². The van der Waals surface area contributed by atoms with Crippen LogP contribution in [-0.2, 0) is 17.9 Å². The van der Waals surface area contributed by atoms with E-state index >= 15 is 0 Å². The van der Waals surface area contributed by atoms with Crippen LogP contribution in [0.5, 0.6) is 11.5 Å². The minimum atomic E-state index is 0.143. The molecule has 0 radical (unpaired) electrons. The highest BCUT2D eigenvalue weighted by Gasteiger charge is 2.19. The molecule has 27 heavy (non-hydrogen) atoms. The van der Waals surface area contributed by atoms with Crippen LogP contribution in [0.2, 0.25) is 0 Å². The number of hydrogen-bond donors (Lipinski definition) is 0. The molecule has 0 saturated carbocycles. The number of nitrogens with zero attached hydrogens (tertiary/aromatic N) is 2. The fourth-order valence-electron chi connectivity index (χ4n) is 3.55. The summed E-state index contributed by atoms with van der Waals surface area (Å²) in [5.74, 6) is 1.68. The van der Waals surface area contributed by atoms with Crippen molar-refractivity contribution in [3.63, 3.8) is 0 Å². The van der Waals surface area contributed by atoms with Crippen LogP contribution in [-0.4, -0.2) is 35.1 Å². The lowest BCUT2D eigenvalue weighted by Gasteiger charge is -2.25. The van der Waals surface area contributed by atoms with Crippen molar-refractivity contribution >= 4 is 16.8 Å². The van der Waals surface area contributed by atoms with Gasteiger partial charge in [0.25, 0.3) is 0 Å². The first kappa shape index (κ1) is 17.5. The number of benzene rings is 2. The third kappa shape index (κ3) is 3.63. The fourth-order valence-corrected chi connectivity index (χ4v) is 3.55. The summed E-state index contributed by atoms with van der Waals surface area (Å²) < 4.78 is 13.6. The SMILES string of the molecule is CCN(Cc1cccc2c1OCCO2)C(=O)CCn1ccc2ccccc21. The zero-order valence-electron chi connectivity index (χ0n) is 15.6. The van der Waals surface area contributed by atoms with E-state index in [0.717, 1.165) is 22.6 Å². The number of aryl methyl sites for hydroxylation is 1. The number of amides is 1. The highest BCUT2D eigenvalue weighted by Crippen LogP contribution is 2.34. The Morgan fingerprint density at radius 3 is 2.81 bits per heavy atom. The number of aromatic nitrogens is 1. The number of para-hydroxylation sites is 2. The molecule has 0 aliphatic carbocycles. The summed E-state index contributed by atoms with van der Waals surface area (Å²) in [6.45, 7) is 5.00. The molecule has 5 nitrogen and oxygen atoms in total. The summed E-state index contributed by atoms with van der Waals surface area (Å²) in [6.07, 6.45) is 2.52. The van der Waals surface area contributed by atoms with Crippen LogP contribution in [0.3, 0.4) is 0 Å². The van der Waals surface area contributed by atoms with Gasteiger partial charge >= 0.3 is 0 Å². The molecule has 0 N–H and O–H groups in total. The molecule has 0 fully saturated rings. The molecule has 1 aliphatic heterocycles. The van der Waals surface area contributed by atoms with E-state index in [0.29, 0.717) is 39.3 Å². The normalized spacial score (nSPS) is 12.9. The molecule has 0 spiro atoms. The van der Waals surface area contributed by atoms with Gasteiger partial charge in [-0.05, 0) is 30.5 Å². The molecule has 2 aromatic carbocycles. The van der Waals surface area contributed by atoms with Crippen molar-refractivity contribution in [2.45, 2.75) is 26.4 Å². The summed E-state index contributed by atoms with van der Waals surface area (Å²) in [6, 6.07) is 16.2. The second-order valence-electron chi connectivity index (χ2n) is 6.67. The van der Waals surface area contributed by atoms with Crippen molar-refractivity contribution in [2.75, 3.05) is 19.8 Å². The number of fused-ring (bicyclic) bond motifs is 2. The van der Waals surface area contributed by atoms with Gasteiger partial charge in [0.1, 0.15) is 13.2 Å². The lowest BCUT2D eigenvalue weighted by molar-refractivity contribution is -0.131. The second-order valence-corrected chi connectivity index (χ2v) is 6.67. The monoisotopic (exact) mass is 364 g/mol. The van der Waals surface area contributed by atoms with Gasteiger partial charge in [0.15, 0.2) is 11.5 Å². The number of hydrogen-bond acceptors (Lipinski definition) is 3. The Bertz CT molecular complexity index is 948. The molecule has 3 aromatic rings. The van der Waals surface area contributed by atoms with E-state index in [1.807, 2.05) is 48.4 Å². The molecule has 140 valence electrons. The van der Waals surface area contributed by atoms with E-state index in [-0.39, 0.29) is 5.91 Å². The van der Waals surface area contributed by atoms with Gasteiger partial charge in [0, 0.05) is 43.3 Å². The summed E-state index contributed by atoms with van der Waals surface area (Å²) >= 11 is 0. The van der Waals surface area contributed by atoms with E-state index in [9.17, 15) is 4.79 Å². The minimum Gasteiger partial charge on any atom is -0.486 e. The van der Waals surface area contributed by atoms with Crippen LogP contribution in [0.1, 0.15) is 18.9 Å².